The van der Waals surface area contributed by atoms with Crippen LogP contribution < -0.4 is 10.6 Å². The number of rotatable bonds is 6. The van der Waals surface area contributed by atoms with Crippen molar-refractivity contribution in [2.24, 2.45) is 0 Å². The van der Waals surface area contributed by atoms with Crippen LogP contribution >= 0.6 is 15.9 Å². The number of halogens is 1. The fourth-order valence-corrected chi connectivity index (χ4v) is 1.35. The summed E-state index contributed by atoms with van der Waals surface area (Å²) in [7, 11) is 1.97. The predicted octanol–water partition coefficient (Wildman–Crippen LogP) is 1.54. The first-order valence-corrected chi connectivity index (χ1v) is 5.58. The van der Waals surface area contributed by atoms with Gasteiger partial charge in [-0.25, -0.2) is 0 Å². The molecule has 1 rings (SSSR count). The average Bonchev–Trinajstić information content (AvgIpc) is 2.21. The predicted molar refractivity (Wildman–Crippen MR) is 62.2 cm³/mol. The second kappa shape index (κ2) is 6.92. The molecule has 4 heteroatoms. The van der Waals surface area contributed by atoms with Gasteiger partial charge in [0.25, 0.3) is 0 Å². The van der Waals surface area contributed by atoms with Gasteiger partial charge in [-0.1, -0.05) is 0 Å². The lowest BCUT2D eigenvalue weighted by Crippen LogP contribution is -2.19. The Kier molecular flexibility index (Phi) is 5.75. The van der Waals surface area contributed by atoms with Crippen molar-refractivity contribution in [3.63, 3.8) is 0 Å². The first-order chi connectivity index (χ1) is 6.83. The summed E-state index contributed by atoms with van der Waals surface area (Å²) < 4.78 is 1.02. The maximum atomic E-state index is 4.27. The van der Waals surface area contributed by atoms with Crippen LogP contribution in [0, 0.1) is 0 Å². The Morgan fingerprint density at radius 1 is 1.36 bits per heavy atom. The van der Waals surface area contributed by atoms with Gasteiger partial charge in [0, 0.05) is 17.2 Å². The van der Waals surface area contributed by atoms with Gasteiger partial charge in [0.1, 0.15) is 0 Å². The molecule has 1 aromatic heterocycles. The van der Waals surface area contributed by atoms with Crippen LogP contribution in [0.25, 0.3) is 0 Å². The summed E-state index contributed by atoms with van der Waals surface area (Å²) in [6, 6.07) is 4.03. The number of hydrogen-bond acceptors (Lipinski definition) is 3. The second-order valence-corrected chi connectivity index (χ2v) is 4.02. The SMILES string of the molecule is CNCCCNCc1ccc(Br)cn1. The Balaban J connectivity index is 2.15. The molecule has 0 atom stereocenters. The molecular weight excluding hydrogens is 242 g/mol. The van der Waals surface area contributed by atoms with E-state index >= 15 is 0 Å². The monoisotopic (exact) mass is 257 g/mol. The highest BCUT2D eigenvalue weighted by Crippen LogP contribution is 2.06. The Labute approximate surface area is 93.4 Å². The van der Waals surface area contributed by atoms with E-state index in [1.165, 1.54) is 0 Å². The smallest absolute Gasteiger partial charge is 0.0542 e. The first-order valence-electron chi connectivity index (χ1n) is 4.78. The van der Waals surface area contributed by atoms with Crippen LogP contribution in [0.3, 0.4) is 0 Å². The van der Waals surface area contributed by atoms with E-state index < -0.39 is 0 Å². The molecule has 0 fully saturated rings. The zero-order chi connectivity index (χ0) is 10.2. The fraction of sp³-hybridized carbons (Fsp3) is 0.500. The summed E-state index contributed by atoms with van der Waals surface area (Å²) in [5, 5.41) is 6.45. The van der Waals surface area contributed by atoms with Gasteiger partial charge < -0.3 is 10.6 Å². The fourth-order valence-electron chi connectivity index (χ4n) is 1.12. The van der Waals surface area contributed by atoms with Gasteiger partial charge in [0.2, 0.25) is 0 Å². The summed E-state index contributed by atoms with van der Waals surface area (Å²) in [5.41, 5.74) is 1.08. The van der Waals surface area contributed by atoms with Crippen molar-refractivity contribution in [2.45, 2.75) is 13.0 Å². The third-order valence-electron chi connectivity index (χ3n) is 1.88. The van der Waals surface area contributed by atoms with Gasteiger partial charge in [-0.3, -0.25) is 4.98 Å². The number of nitrogens with one attached hydrogen (secondary N) is 2. The van der Waals surface area contributed by atoms with Gasteiger partial charge in [-0.15, -0.1) is 0 Å². The lowest BCUT2D eigenvalue weighted by atomic mass is 10.3. The molecule has 78 valence electrons. The van der Waals surface area contributed by atoms with E-state index in [9.17, 15) is 0 Å². The van der Waals surface area contributed by atoms with Crippen LogP contribution in [0.5, 0.6) is 0 Å². The van der Waals surface area contributed by atoms with Gasteiger partial charge in [-0.05, 0) is 54.6 Å². The van der Waals surface area contributed by atoms with Gasteiger partial charge >= 0.3 is 0 Å². The zero-order valence-electron chi connectivity index (χ0n) is 8.39. The molecule has 0 spiro atoms. The minimum atomic E-state index is 0.844. The quantitative estimate of drug-likeness (QED) is 0.760. The van der Waals surface area contributed by atoms with Crippen molar-refractivity contribution < 1.29 is 0 Å². The molecule has 0 bridgehead atoms. The Morgan fingerprint density at radius 3 is 2.86 bits per heavy atom. The molecule has 0 radical (unpaired) electrons. The summed E-state index contributed by atoms with van der Waals surface area (Å²) in [5.74, 6) is 0. The highest BCUT2D eigenvalue weighted by atomic mass is 79.9. The Hall–Kier alpha value is -0.450. The standard InChI is InChI=1S/C10H16BrN3/c1-12-5-2-6-13-8-10-4-3-9(11)7-14-10/h3-4,7,12-13H,2,5-6,8H2,1H3. The van der Waals surface area contributed by atoms with E-state index in [1.807, 2.05) is 25.4 Å². The van der Waals surface area contributed by atoms with E-state index in [-0.39, 0.29) is 0 Å². The molecule has 0 aliphatic rings. The van der Waals surface area contributed by atoms with Crippen molar-refractivity contribution in [1.82, 2.24) is 15.6 Å². The second-order valence-electron chi connectivity index (χ2n) is 3.10. The molecule has 1 heterocycles. The summed E-state index contributed by atoms with van der Waals surface area (Å²) in [4.78, 5) is 4.27. The lowest BCUT2D eigenvalue weighted by molar-refractivity contribution is 0.619. The molecule has 0 saturated carbocycles. The van der Waals surface area contributed by atoms with Crippen LogP contribution in [0.2, 0.25) is 0 Å². The molecule has 1 aromatic rings. The molecule has 0 unspecified atom stereocenters. The molecule has 0 aliphatic heterocycles. The largest absolute Gasteiger partial charge is 0.320 e. The normalized spacial score (nSPS) is 10.4. The van der Waals surface area contributed by atoms with Crippen LogP contribution in [0.1, 0.15) is 12.1 Å². The molecule has 0 saturated heterocycles. The maximum Gasteiger partial charge on any atom is 0.0542 e. The molecule has 2 N–H and O–H groups in total. The molecule has 0 amide bonds. The van der Waals surface area contributed by atoms with Gasteiger partial charge in [0.15, 0.2) is 0 Å². The average molecular weight is 258 g/mol. The van der Waals surface area contributed by atoms with Crippen LogP contribution in [0.4, 0.5) is 0 Å². The Bertz CT molecular complexity index is 248. The number of pyridine rings is 1. The topological polar surface area (TPSA) is 37.0 Å². The Morgan fingerprint density at radius 2 is 2.21 bits per heavy atom. The summed E-state index contributed by atoms with van der Waals surface area (Å²) in [6.45, 7) is 2.93. The van der Waals surface area contributed by atoms with E-state index in [1.54, 1.807) is 0 Å². The third kappa shape index (κ3) is 4.69. The minimum absolute atomic E-state index is 0.844. The van der Waals surface area contributed by atoms with Crippen molar-refractivity contribution in [1.29, 1.82) is 0 Å². The molecule has 0 aliphatic carbocycles. The van der Waals surface area contributed by atoms with E-state index in [4.69, 9.17) is 0 Å². The first kappa shape index (κ1) is 11.6. The summed E-state index contributed by atoms with van der Waals surface area (Å²) in [6.07, 6.45) is 2.97. The van der Waals surface area contributed by atoms with E-state index in [2.05, 4.69) is 31.5 Å². The van der Waals surface area contributed by atoms with Crippen molar-refractivity contribution in [3.05, 3.63) is 28.5 Å². The van der Waals surface area contributed by atoms with Crippen LogP contribution in [-0.4, -0.2) is 25.1 Å². The molecule has 14 heavy (non-hydrogen) atoms. The van der Waals surface area contributed by atoms with E-state index in [0.29, 0.717) is 0 Å². The lowest BCUT2D eigenvalue weighted by Gasteiger charge is -2.03. The van der Waals surface area contributed by atoms with Crippen LogP contribution in [-0.2, 0) is 6.54 Å². The van der Waals surface area contributed by atoms with Crippen molar-refractivity contribution >= 4 is 15.9 Å². The number of hydrogen-bond donors (Lipinski definition) is 2. The van der Waals surface area contributed by atoms with Crippen molar-refractivity contribution in [3.8, 4) is 0 Å². The van der Waals surface area contributed by atoms with Crippen molar-refractivity contribution in [2.75, 3.05) is 20.1 Å². The highest BCUT2D eigenvalue weighted by molar-refractivity contribution is 9.10. The zero-order valence-corrected chi connectivity index (χ0v) is 9.97. The van der Waals surface area contributed by atoms with Crippen LogP contribution in [0.15, 0.2) is 22.8 Å². The third-order valence-corrected chi connectivity index (χ3v) is 2.34. The van der Waals surface area contributed by atoms with Gasteiger partial charge in [-0.2, -0.15) is 0 Å². The summed E-state index contributed by atoms with van der Waals surface area (Å²) >= 11 is 3.36. The minimum Gasteiger partial charge on any atom is -0.320 e. The molecular formula is C10H16BrN3. The van der Waals surface area contributed by atoms with Gasteiger partial charge in [0.05, 0.1) is 5.69 Å². The molecule has 0 aromatic carbocycles. The molecule has 3 nitrogen and oxygen atoms in total. The highest BCUT2D eigenvalue weighted by Gasteiger charge is 1.93. The number of aromatic nitrogens is 1. The number of nitrogens with zero attached hydrogens (tertiary/aromatic N) is 1. The van der Waals surface area contributed by atoms with E-state index in [0.717, 1.165) is 36.2 Å². The maximum absolute atomic E-state index is 4.27.